The standard InChI is InChI=1S/C15H32N2/c1-6-7-8-13(4)17-11-15(9-12(2)3)16-10-14(17)5/h12-16H,6-11H2,1-5H3. The van der Waals surface area contributed by atoms with Crippen LogP contribution >= 0.6 is 0 Å². The summed E-state index contributed by atoms with van der Waals surface area (Å²) < 4.78 is 0. The van der Waals surface area contributed by atoms with E-state index in [1.165, 1.54) is 32.2 Å². The Bertz CT molecular complexity index is 203. The molecule has 1 saturated heterocycles. The fourth-order valence-corrected chi connectivity index (χ4v) is 2.96. The van der Waals surface area contributed by atoms with Crippen LogP contribution in [0.4, 0.5) is 0 Å². The largest absolute Gasteiger partial charge is 0.311 e. The second-order valence-corrected chi connectivity index (χ2v) is 6.27. The van der Waals surface area contributed by atoms with E-state index in [0.717, 1.165) is 18.5 Å². The van der Waals surface area contributed by atoms with Crippen molar-refractivity contribution in [2.45, 2.75) is 78.4 Å². The summed E-state index contributed by atoms with van der Waals surface area (Å²) in [5, 5.41) is 3.70. The van der Waals surface area contributed by atoms with E-state index in [-0.39, 0.29) is 0 Å². The summed E-state index contributed by atoms with van der Waals surface area (Å²) >= 11 is 0. The smallest absolute Gasteiger partial charge is 0.0198 e. The molecule has 1 aliphatic heterocycles. The maximum atomic E-state index is 3.70. The maximum Gasteiger partial charge on any atom is 0.0198 e. The molecule has 0 aliphatic carbocycles. The average Bonchev–Trinajstić information content (AvgIpc) is 2.28. The van der Waals surface area contributed by atoms with Gasteiger partial charge in [-0.1, -0.05) is 33.6 Å². The van der Waals surface area contributed by atoms with Crippen LogP contribution in [0.5, 0.6) is 0 Å². The number of rotatable bonds is 6. The summed E-state index contributed by atoms with van der Waals surface area (Å²) in [6.07, 6.45) is 5.35. The first-order valence-corrected chi connectivity index (χ1v) is 7.53. The van der Waals surface area contributed by atoms with Gasteiger partial charge < -0.3 is 5.32 Å². The number of piperazine rings is 1. The van der Waals surface area contributed by atoms with Crippen LogP contribution in [0, 0.1) is 5.92 Å². The molecule has 0 spiro atoms. The lowest BCUT2D eigenvalue weighted by Crippen LogP contribution is -2.58. The molecular formula is C15H32N2. The lowest BCUT2D eigenvalue weighted by Gasteiger charge is -2.43. The molecule has 2 nitrogen and oxygen atoms in total. The van der Waals surface area contributed by atoms with Crippen molar-refractivity contribution in [2.24, 2.45) is 5.92 Å². The highest BCUT2D eigenvalue weighted by molar-refractivity contribution is 4.87. The molecule has 0 amide bonds. The van der Waals surface area contributed by atoms with Crippen molar-refractivity contribution < 1.29 is 0 Å². The van der Waals surface area contributed by atoms with Crippen LogP contribution in [0.1, 0.15) is 60.3 Å². The third-order valence-electron chi connectivity index (χ3n) is 4.00. The summed E-state index contributed by atoms with van der Waals surface area (Å²) in [5.74, 6) is 0.800. The number of nitrogens with one attached hydrogen (secondary N) is 1. The summed E-state index contributed by atoms with van der Waals surface area (Å²) in [4.78, 5) is 2.72. The van der Waals surface area contributed by atoms with Gasteiger partial charge in [0.05, 0.1) is 0 Å². The van der Waals surface area contributed by atoms with Crippen molar-refractivity contribution in [3.05, 3.63) is 0 Å². The first-order valence-electron chi connectivity index (χ1n) is 7.53. The fraction of sp³-hybridized carbons (Fsp3) is 1.00. The molecular weight excluding hydrogens is 208 g/mol. The van der Waals surface area contributed by atoms with Crippen molar-refractivity contribution in [1.29, 1.82) is 0 Å². The molecule has 1 N–H and O–H groups in total. The molecule has 1 fully saturated rings. The van der Waals surface area contributed by atoms with E-state index in [1.807, 2.05) is 0 Å². The topological polar surface area (TPSA) is 15.3 Å². The van der Waals surface area contributed by atoms with E-state index < -0.39 is 0 Å². The summed E-state index contributed by atoms with van der Waals surface area (Å²) in [7, 11) is 0. The molecule has 102 valence electrons. The maximum absolute atomic E-state index is 3.70. The number of unbranched alkanes of at least 4 members (excludes halogenated alkanes) is 1. The van der Waals surface area contributed by atoms with Crippen LogP contribution in [-0.2, 0) is 0 Å². The minimum absolute atomic E-state index is 0.699. The Morgan fingerprint density at radius 2 is 2.00 bits per heavy atom. The first-order chi connectivity index (χ1) is 8.04. The lowest BCUT2D eigenvalue weighted by atomic mass is 9.98. The van der Waals surface area contributed by atoms with Crippen LogP contribution in [0.15, 0.2) is 0 Å². The highest BCUT2D eigenvalue weighted by Gasteiger charge is 2.28. The molecule has 0 radical (unpaired) electrons. The highest BCUT2D eigenvalue weighted by Crippen LogP contribution is 2.18. The Hall–Kier alpha value is -0.0800. The Kier molecular flexibility index (Phi) is 6.50. The van der Waals surface area contributed by atoms with Gasteiger partial charge in [0, 0.05) is 31.2 Å². The summed E-state index contributed by atoms with van der Waals surface area (Å²) in [6, 6.07) is 2.15. The van der Waals surface area contributed by atoms with Gasteiger partial charge in [0.2, 0.25) is 0 Å². The summed E-state index contributed by atoms with van der Waals surface area (Å²) in [6.45, 7) is 14.1. The Labute approximate surface area is 108 Å². The van der Waals surface area contributed by atoms with Gasteiger partial charge >= 0.3 is 0 Å². The molecule has 3 unspecified atom stereocenters. The second kappa shape index (κ2) is 7.38. The third kappa shape index (κ3) is 4.97. The van der Waals surface area contributed by atoms with E-state index in [1.54, 1.807) is 0 Å². The fourth-order valence-electron chi connectivity index (χ4n) is 2.96. The van der Waals surface area contributed by atoms with Gasteiger partial charge in [-0.15, -0.1) is 0 Å². The molecule has 1 aliphatic rings. The van der Waals surface area contributed by atoms with Crippen molar-refractivity contribution in [2.75, 3.05) is 13.1 Å². The van der Waals surface area contributed by atoms with E-state index in [2.05, 4.69) is 44.8 Å². The number of nitrogens with zero attached hydrogens (tertiary/aromatic N) is 1. The molecule has 1 rings (SSSR count). The van der Waals surface area contributed by atoms with Crippen LogP contribution in [0.2, 0.25) is 0 Å². The zero-order valence-corrected chi connectivity index (χ0v) is 12.5. The number of hydrogen-bond donors (Lipinski definition) is 1. The molecule has 0 bridgehead atoms. The normalized spacial score (nSPS) is 28.6. The lowest BCUT2D eigenvalue weighted by molar-refractivity contribution is 0.0872. The molecule has 1 heterocycles. The Balaban J connectivity index is 2.44. The van der Waals surface area contributed by atoms with Crippen molar-refractivity contribution in [3.63, 3.8) is 0 Å². The van der Waals surface area contributed by atoms with Crippen LogP contribution in [0.3, 0.4) is 0 Å². The predicted octanol–water partition coefficient (Wildman–Crippen LogP) is 3.27. The molecule has 0 aromatic rings. The van der Waals surface area contributed by atoms with E-state index in [4.69, 9.17) is 0 Å². The zero-order valence-electron chi connectivity index (χ0n) is 12.5. The monoisotopic (exact) mass is 240 g/mol. The van der Waals surface area contributed by atoms with Gasteiger partial charge in [0.15, 0.2) is 0 Å². The third-order valence-corrected chi connectivity index (χ3v) is 4.00. The van der Waals surface area contributed by atoms with Crippen molar-refractivity contribution >= 4 is 0 Å². The molecule has 17 heavy (non-hydrogen) atoms. The van der Waals surface area contributed by atoms with Gasteiger partial charge in [-0.05, 0) is 32.6 Å². The SMILES string of the molecule is CCCCC(C)N1CC(CC(C)C)NCC1C. The Morgan fingerprint density at radius 1 is 1.29 bits per heavy atom. The van der Waals surface area contributed by atoms with Crippen molar-refractivity contribution in [3.8, 4) is 0 Å². The predicted molar refractivity (Wildman–Crippen MR) is 76.4 cm³/mol. The Morgan fingerprint density at radius 3 is 2.59 bits per heavy atom. The second-order valence-electron chi connectivity index (χ2n) is 6.27. The molecule has 0 saturated carbocycles. The zero-order chi connectivity index (χ0) is 12.8. The van der Waals surface area contributed by atoms with Gasteiger partial charge in [-0.2, -0.15) is 0 Å². The molecule has 0 aromatic heterocycles. The molecule has 0 aromatic carbocycles. The summed E-state index contributed by atoms with van der Waals surface area (Å²) in [5.41, 5.74) is 0. The minimum Gasteiger partial charge on any atom is -0.311 e. The van der Waals surface area contributed by atoms with E-state index in [9.17, 15) is 0 Å². The van der Waals surface area contributed by atoms with Gasteiger partial charge in [0.1, 0.15) is 0 Å². The quantitative estimate of drug-likeness (QED) is 0.766. The van der Waals surface area contributed by atoms with Crippen molar-refractivity contribution in [1.82, 2.24) is 10.2 Å². The van der Waals surface area contributed by atoms with Gasteiger partial charge in [0.25, 0.3) is 0 Å². The molecule has 2 heteroatoms. The van der Waals surface area contributed by atoms with Gasteiger partial charge in [-0.25, -0.2) is 0 Å². The van der Waals surface area contributed by atoms with Crippen LogP contribution in [0.25, 0.3) is 0 Å². The molecule has 3 atom stereocenters. The highest BCUT2D eigenvalue weighted by atomic mass is 15.2. The van der Waals surface area contributed by atoms with Crippen LogP contribution in [-0.4, -0.2) is 36.1 Å². The first kappa shape index (κ1) is 15.0. The van der Waals surface area contributed by atoms with Gasteiger partial charge in [-0.3, -0.25) is 4.90 Å². The number of hydrogen-bond acceptors (Lipinski definition) is 2. The minimum atomic E-state index is 0.699. The van der Waals surface area contributed by atoms with Crippen LogP contribution < -0.4 is 5.32 Å². The average molecular weight is 240 g/mol. The van der Waals surface area contributed by atoms with E-state index >= 15 is 0 Å². The van der Waals surface area contributed by atoms with E-state index in [0.29, 0.717) is 12.1 Å².